The monoisotopic (exact) mass is 337 g/mol. The zero-order valence-corrected chi connectivity index (χ0v) is 13.7. The van der Waals surface area contributed by atoms with Gasteiger partial charge in [0.1, 0.15) is 10.0 Å². The van der Waals surface area contributed by atoms with Crippen LogP contribution in [0.15, 0.2) is 17.2 Å². The average molecular weight is 338 g/mol. The third-order valence-corrected chi connectivity index (χ3v) is 5.96. The van der Waals surface area contributed by atoms with Crippen LogP contribution in [-0.4, -0.2) is 56.3 Å². The van der Waals surface area contributed by atoms with E-state index in [1.807, 2.05) is 7.05 Å². The molecule has 20 heavy (non-hydrogen) atoms. The molecule has 1 fully saturated rings. The summed E-state index contributed by atoms with van der Waals surface area (Å²) in [7, 11) is 0.0446. The summed E-state index contributed by atoms with van der Waals surface area (Å²) in [5.41, 5.74) is 0. The lowest BCUT2D eigenvalue weighted by Gasteiger charge is -2.20. The van der Waals surface area contributed by atoms with E-state index in [1.54, 1.807) is 7.05 Å². The molecule has 0 bridgehead atoms. The molecule has 2 heterocycles. The second-order valence-corrected chi connectivity index (χ2v) is 7.96. The fraction of sp³-hybridized carbons (Fsp3) is 0.583. The first-order chi connectivity index (χ1) is 9.30. The number of likely N-dealkylation sites (tertiary alicyclic amines) is 1. The highest BCUT2D eigenvalue weighted by molar-refractivity contribution is 7.89. The number of hydrogen-bond acceptors (Lipinski definition) is 4. The summed E-state index contributed by atoms with van der Waals surface area (Å²) in [6, 6.07) is 1.34. The molecule has 0 aliphatic carbocycles. The van der Waals surface area contributed by atoms with Gasteiger partial charge in [-0.25, -0.2) is 17.7 Å². The largest absolute Gasteiger partial charge is 0.306 e. The number of halogens is 2. The minimum absolute atomic E-state index is 0.0701. The number of pyridine rings is 1. The van der Waals surface area contributed by atoms with Crippen LogP contribution in [0.2, 0.25) is 10.2 Å². The van der Waals surface area contributed by atoms with Gasteiger partial charge in [0.15, 0.2) is 0 Å². The number of hydrogen-bond donors (Lipinski definition) is 0. The quantitative estimate of drug-likeness (QED) is 0.788. The van der Waals surface area contributed by atoms with Crippen LogP contribution in [0.3, 0.4) is 0 Å². The maximum Gasteiger partial charge on any atom is 0.244 e. The predicted octanol–water partition coefficient (Wildman–Crippen LogP) is 1.96. The van der Waals surface area contributed by atoms with Crippen LogP contribution in [0, 0.1) is 5.92 Å². The highest BCUT2D eigenvalue weighted by atomic mass is 35.5. The van der Waals surface area contributed by atoms with Gasteiger partial charge in [-0.1, -0.05) is 23.2 Å². The summed E-state index contributed by atoms with van der Waals surface area (Å²) in [5, 5.41) is 0.243. The summed E-state index contributed by atoms with van der Waals surface area (Å²) < 4.78 is 26.2. The zero-order chi connectivity index (χ0) is 14.9. The summed E-state index contributed by atoms with van der Waals surface area (Å²) in [6.07, 6.45) is 2.25. The van der Waals surface area contributed by atoms with Crippen LogP contribution in [0.1, 0.15) is 6.42 Å². The van der Waals surface area contributed by atoms with Crippen molar-refractivity contribution in [1.82, 2.24) is 14.2 Å². The van der Waals surface area contributed by atoms with Crippen LogP contribution in [0.5, 0.6) is 0 Å². The molecule has 1 atom stereocenters. The van der Waals surface area contributed by atoms with Crippen LogP contribution in [-0.2, 0) is 10.0 Å². The van der Waals surface area contributed by atoms with Crippen molar-refractivity contribution in [3.05, 3.63) is 22.4 Å². The number of nitrogens with zero attached hydrogens (tertiary/aromatic N) is 3. The Balaban J connectivity index is 2.14. The van der Waals surface area contributed by atoms with Crippen molar-refractivity contribution in [3.8, 4) is 0 Å². The number of rotatable bonds is 4. The first-order valence-corrected chi connectivity index (χ1v) is 8.46. The molecular weight excluding hydrogens is 321 g/mol. The summed E-state index contributed by atoms with van der Waals surface area (Å²) in [6.45, 7) is 2.42. The third kappa shape index (κ3) is 3.43. The van der Waals surface area contributed by atoms with Crippen molar-refractivity contribution in [1.29, 1.82) is 0 Å². The first-order valence-electron chi connectivity index (χ1n) is 6.26. The topological polar surface area (TPSA) is 53.5 Å². The Hall–Kier alpha value is -0.400. The van der Waals surface area contributed by atoms with Crippen molar-refractivity contribution in [2.75, 3.05) is 33.7 Å². The summed E-state index contributed by atoms with van der Waals surface area (Å²) >= 11 is 11.5. The highest BCUT2D eigenvalue weighted by Crippen LogP contribution is 2.25. The van der Waals surface area contributed by atoms with Crippen molar-refractivity contribution >= 4 is 33.2 Å². The molecule has 1 saturated heterocycles. The second-order valence-electron chi connectivity index (χ2n) is 5.15. The first kappa shape index (κ1) is 16.0. The zero-order valence-electron chi connectivity index (χ0n) is 11.4. The van der Waals surface area contributed by atoms with Crippen LogP contribution in [0.25, 0.3) is 0 Å². The Labute approximate surface area is 129 Å². The van der Waals surface area contributed by atoms with E-state index >= 15 is 0 Å². The van der Waals surface area contributed by atoms with Gasteiger partial charge in [-0.15, -0.1) is 0 Å². The molecule has 1 aliphatic heterocycles. The van der Waals surface area contributed by atoms with Crippen LogP contribution >= 0.6 is 23.2 Å². The normalized spacial score (nSPS) is 20.8. The Morgan fingerprint density at radius 2 is 2.20 bits per heavy atom. The van der Waals surface area contributed by atoms with Gasteiger partial charge in [0.2, 0.25) is 10.0 Å². The van der Waals surface area contributed by atoms with Crippen molar-refractivity contribution in [3.63, 3.8) is 0 Å². The Morgan fingerprint density at radius 3 is 2.75 bits per heavy atom. The summed E-state index contributed by atoms with van der Waals surface area (Å²) in [5.74, 6) is 0.357. The number of sulfonamides is 1. The van der Waals surface area contributed by atoms with E-state index in [9.17, 15) is 8.42 Å². The maximum atomic E-state index is 12.4. The Kier molecular flexibility index (Phi) is 4.92. The standard InChI is InChI=1S/C12H17Cl2N3O2S/c1-16-4-3-9(7-16)8-17(2)20(18,19)10-5-11(13)12(14)15-6-10/h5-6,9H,3-4,7-8H2,1-2H3. The van der Waals surface area contributed by atoms with Gasteiger partial charge in [-0.2, -0.15) is 0 Å². The fourth-order valence-corrected chi connectivity index (χ4v) is 3.92. The molecule has 1 aliphatic rings. The van der Waals surface area contributed by atoms with Gasteiger partial charge in [-0.05, 0) is 32.0 Å². The van der Waals surface area contributed by atoms with E-state index in [2.05, 4.69) is 9.88 Å². The molecule has 8 heteroatoms. The lowest BCUT2D eigenvalue weighted by atomic mass is 10.1. The molecule has 0 radical (unpaired) electrons. The maximum absolute atomic E-state index is 12.4. The van der Waals surface area contributed by atoms with Crippen molar-refractivity contribution in [2.45, 2.75) is 11.3 Å². The SMILES string of the molecule is CN1CCC(CN(C)S(=O)(=O)c2cnc(Cl)c(Cl)c2)C1. The Bertz CT molecular complexity index is 594. The van der Waals surface area contributed by atoms with Crippen LogP contribution < -0.4 is 0 Å². The third-order valence-electron chi connectivity index (χ3n) is 3.48. The van der Waals surface area contributed by atoms with Crippen LogP contribution in [0.4, 0.5) is 0 Å². The molecule has 1 aromatic rings. The molecule has 2 rings (SSSR count). The van der Waals surface area contributed by atoms with Gasteiger partial charge < -0.3 is 4.90 Å². The van der Waals surface area contributed by atoms with E-state index in [-0.39, 0.29) is 15.1 Å². The molecule has 1 unspecified atom stereocenters. The highest BCUT2D eigenvalue weighted by Gasteiger charge is 2.27. The summed E-state index contributed by atoms with van der Waals surface area (Å²) in [4.78, 5) is 6.06. The van der Waals surface area contributed by atoms with Crippen molar-refractivity contribution in [2.24, 2.45) is 5.92 Å². The average Bonchev–Trinajstić information content (AvgIpc) is 2.78. The van der Waals surface area contributed by atoms with E-state index in [0.29, 0.717) is 12.5 Å². The minimum Gasteiger partial charge on any atom is -0.306 e. The molecule has 112 valence electrons. The van der Waals surface area contributed by atoms with Gasteiger partial charge >= 0.3 is 0 Å². The lowest BCUT2D eigenvalue weighted by Crippen LogP contribution is -2.33. The molecule has 0 N–H and O–H groups in total. The van der Waals surface area contributed by atoms with E-state index in [0.717, 1.165) is 19.5 Å². The predicted molar refractivity (Wildman–Crippen MR) is 79.7 cm³/mol. The molecule has 0 amide bonds. The van der Waals surface area contributed by atoms with E-state index in [4.69, 9.17) is 23.2 Å². The molecule has 0 saturated carbocycles. The molecule has 0 aromatic carbocycles. The van der Waals surface area contributed by atoms with Gasteiger partial charge in [-0.3, -0.25) is 0 Å². The van der Waals surface area contributed by atoms with Gasteiger partial charge in [0.25, 0.3) is 0 Å². The molecule has 1 aromatic heterocycles. The van der Waals surface area contributed by atoms with Crippen molar-refractivity contribution < 1.29 is 8.42 Å². The van der Waals surface area contributed by atoms with E-state index < -0.39 is 10.0 Å². The number of aromatic nitrogens is 1. The smallest absolute Gasteiger partial charge is 0.244 e. The Morgan fingerprint density at radius 1 is 1.50 bits per heavy atom. The molecule has 5 nitrogen and oxygen atoms in total. The molecule has 0 spiro atoms. The lowest BCUT2D eigenvalue weighted by molar-refractivity contribution is 0.356. The van der Waals surface area contributed by atoms with E-state index in [1.165, 1.54) is 16.6 Å². The minimum atomic E-state index is -3.57. The van der Waals surface area contributed by atoms with Gasteiger partial charge in [0, 0.05) is 26.3 Å². The fourth-order valence-electron chi connectivity index (χ4n) is 2.36. The van der Waals surface area contributed by atoms with Gasteiger partial charge in [0.05, 0.1) is 5.02 Å². The molecular formula is C12H17Cl2N3O2S. The second kappa shape index (κ2) is 6.15.